The van der Waals surface area contributed by atoms with Crippen LogP contribution in [-0.4, -0.2) is 47.3 Å². The molecule has 0 aromatic heterocycles. The van der Waals surface area contributed by atoms with Gasteiger partial charge in [-0.2, -0.15) is 0 Å². The largest absolute Gasteiger partial charge is 0.481 e. The summed E-state index contributed by atoms with van der Waals surface area (Å²) in [6.07, 6.45) is 7.35. The van der Waals surface area contributed by atoms with E-state index in [0.717, 1.165) is 32.4 Å². The Balaban J connectivity index is 1.91. The number of carboxylic acid groups (broad SMARTS) is 1. The maximum atomic E-state index is 10.7. The van der Waals surface area contributed by atoms with Crippen LogP contribution in [0.1, 0.15) is 51.9 Å². The van der Waals surface area contributed by atoms with Gasteiger partial charge >= 0.3 is 5.97 Å². The van der Waals surface area contributed by atoms with E-state index in [2.05, 4.69) is 11.8 Å². The molecule has 0 radical (unpaired) electrons. The van der Waals surface area contributed by atoms with Crippen molar-refractivity contribution in [2.45, 2.75) is 70.1 Å². The Labute approximate surface area is 109 Å². The monoisotopic (exact) mass is 255 g/mol. The molecule has 0 bridgehead atoms. The fourth-order valence-corrected chi connectivity index (χ4v) is 3.38. The second kappa shape index (κ2) is 6.53. The Bertz CT molecular complexity index is 282. The maximum Gasteiger partial charge on any atom is 0.303 e. The minimum absolute atomic E-state index is 0.305. The number of aliphatic carboxylic acids is 1. The van der Waals surface area contributed by atoms with Crippen molar-refractivity contribution >= 4 is 5.97 Å². The fourth-order valence-electron chi connectivity index (χ4n) is 3.38. The van der Waals surface area contributed by atoms with Crippen LogP contribution >= 0.6 is 0 Å². The smallest absolute Gasteiger partial charge is 0.303 e. The predicted molar refractivity (Wildman–Crippen MR) is 69.7 cm³/mol. The molecule has 0 aromatic rings. The lowest BCUT2D eigenvalue weighted by Crippen LogP contribution is -2.49. The Kier molecular flexibility index (Phi) is 5.01. The summed E-state index contributed by atoms with van der Waals surface area (Å²) < 4.78 is 5.61. The van der Waals surface area contributed by atoms with Gasteiger partial charge in [0.2, 0.25) is 0 Å². The molecular weight excluding hydrogens is 230 g/mol. The summed E-state index contributed by atoms with van der Waals surface area (Å²) in [6, 6.07) is 1.08. The first-order valence-corrected chi connectivity index (χ1v) is 7.26. The van der Waals surface area contributed by atoms with E-state index < -0.39 is 5.97 Å². The van der Waals surface area contributed by atoms with Crippen molar-refractivity contribution in [1.82, 2.24) is 4.90 Å². The van der Waals surface area contributed by atoms with Gasteiger partial charge in [-0.1, -0.05) is 6.42 Å². The number of hydrogen-bond acceptors (Lipinski definition) is 3. The van der Waals surface area contributed by atoms with Crippen LogP contribution < -0.4 is 0 Å². The molecule has 18 heavy (non-hydrogen) atoms. The van der Waals surface area contributed by atoms with E-state index in [-0.39, 0.29) is 0 Å². The van der Waals surface area contributed by atoms with Crippen LogP contribution in [0.3, 0.4) is 0 Å². The summed E-state index contributed by atoms with van der Waals surface area (Å²) in [4.78, 5) is 13.3. The molecule has 0 aromatic carbocycles. The first-order valence-electron chi connectivity index (χ1n) is 7.26. The summed E-state index contributed by atoms with van der Waals surface area (Å²) in [5, 5.41) is 8.84. The number of piperidine rings is 1. The van der Waals surface area contributed by atoms with Gasteiger partial charge in [-0.05, 0) is 45.6 Å². The van der Waals surface area contributed by atoms with Crippen molar-refractivity contribution in [3.8, 4) is 0 Å². The molecule has 1 N–H and O–H groups in total. The second-order valence-corrected chi connectivity index (χ2v) is 5.68. The van der Waals surface area contributed by atoms with Gasteiger partial charge < -0.3 is 9.84 Å². The van der Waals surface area contributed by atoms with Gasteiger partial charge in [-0.25, -0.2) is 0 Å². The van der Waals surface area contributed by atoms with E-state index in [1.165, 1.54) is 19.3 Å². The third-order valence-electron chi connectivity index (χ3n) is 4.29. The lowest BCUT2D eigenvalue weighted by molar-refractivity contribution is -0.137. The molecule has 2 heterocycles. The van der Waals surface area contributed by atoms with Gasteiger partial charge in [0.25, 0.3) is 0 Å². The molecule has 104 valence electrons. The highest BCUT2D eigenvalue weighted by atomic mass is 16.5. The lowest BCUT2D eigenvalue weighted by atomic mass is 9.92. The van der Waals surface area contributed by atoms with Gasteiger partial charge in [-0.3, -0.25) is 9.69 Å². The average molecular weight is 255 g/mol. The first kappa shape index (κ1) is 13.8. The molecule has 2 aliphatic heterocycles. The van der Waals surface area contributed by atoms with E-state index in [4.69, 9.17) is 9.84 Å². The van der Waals surface area contributed by atoms with E-state index in [9.17, 15) is 4.79 Å². The highest BCUT2D eigenvalue weighted by Gasteiger charge is 2.31. The SMILES string of the molecule is CC1CC(N2CCCCC2CCC(=O)O)CCO1. The molecule has 0 spiro atoms. The Morgan fingerprint density at radius 3 is 2.94 bits per heavy atom. The number of hydrogen-bond donors (Lipinski definition) is 1. The van der Waals surface area contributed by atoms with Crippen LogP contribution in [0, 0.1) is 0 Å². The molecule has 2 aliphatic rings. The number of nitrogens with zero attached hydrogens (tertiary/aromatic N) is 1. The predicted octanol–water partition coefficient (Wildman–Crippen LogP) is 2.27. The molecule has 0 amide bonds. The van der Waals surface area contributed by atoms with E-state index >= 15 is 0 Å². The van der Waals surface area contributed by atoms with Crippen LogP contribution in [0.4, 0.5) is 0 Å². The number of carboxylic acids is 1. The van der Waals surface area contributed by atoms with Gasteiger partial charge in [0, 0.05) is 25.1 Å². The molecule has 4 nitrogen and oxygen atoms in total. The lowest BCUT2D eigenvalue weighted by Gasteiger charge is -2.44. The molecule has 2 rings (SSSR count). The Morgan fingerprint density at radius 2 is 2.22 bits per heavy atom. The molecule has 2 fully saturated rings. The fraction of sp³-hybridized carbons (Fsp3) is 0.929. The second-order valence-electron chi connectivity index (χ2n) is 5.68. The van der Waals surface area contributed by atoms with Gasteiger partial charge in [0.1, 0.15) is 0 Å². The van der Waals surface area contributed by atoms with Crippen molar-refractivity contribution < 1.29 is 14.6 Å². The van der Waals surface area contributed by atoms with Crippen LogP contribution in [0.2, 0.25) is 0 Å². The normalized spacial score (nSPS) is 34.4. The molecule has 0 saturated carbocycles. The molecule has 4 heteroatoms. The highest BCUT2D eigenvalue weighted by molar-refractivity contribution is 5.66. The number of rotatable bonds is 4. The summed E-state index contributed by atoms with van der Waals surface area (Å²) in [6.45, 7) is 4.14. The Hall–Kier alpha value is -0.610. The Morgan fingerprint density at radius 1 is 1.39 bits per heavy atom. The highest BCUT2D eigenvalue weighted by Crippen LogP contribution is 2.28. The molecule has 0 aliphatic carbocycles. The third-order valence-corrected chi connectivity index (χ3v) is 4.29. The van der Waals surface area contributed by atoms with E-state index in [0.29, 0.717) is 24.6 Å². The average Bonchev–Trinajstić information content (AvgIpc) is 2.36. The van der Waals surface area contributed by atoms with Gasteiger partial charge in [-0.15, -0.1) is 0 Å². The van der Waals surface area contributed by atoms with Crippen LogP contribution in [0.5, 0.6) is 0 Å². The topological polar surface area (TPSA) is 49.8 Å². The maximum absolute atomic E-state index is 10.7. The van der Waals surface area contributed by atoms with Gasteiger partial charge in [0.05, 0.1) is 6.10 Å². The third kappa shape index (κ3) is 3.69. The standard InChI is InChI=1S/C14H25NO3/c1-11-10-13(7-9-18-11)15-8-3-2-4-12(15)5-6-14(16)17/h11-13H,2-10H2,1H3,(H,16,17). The van der Waals surface area contributed by atoms with Crippen molar-refractivity contribution in [3.05, 3.63) is 0 Å². The summed E-state index contributed by atoms with van der Waals surface area (Å²) in [7, 11) is 0. The van der Waals surface area contributed by atoms with Crippen molar-refractivity contribution in [3.63, 3.8) is 0 Å². The van der Waals surface area contributed by atoms with Crippen LogP contribution in [0.25, 0.3) is 0 Å². The number of ether oxygens (including phenoxy) is 1. The first-order chi connectivity index (χ1) is 8.66. The van der Waals surface area contributed by atoms with Crippen LogP contribution in [-0.2, 0) is 9.53 Å². The molecule has 3 unspecified atom stereocenters. The molecule has 3 atom stereocenters. The summed E-state index contributed by atoms with van der Waals surface area (Å²) in [5.41, 5.74) is 0. The summed E-state index contributed by atoms with van der Waals surface area (Å²) >= 11 is 0. The zero-order valence-electron chi connectivity index (χ0n) is 11.3. The van der Waals surface area contributed by atoms with Crippen molar-refractivity contribution in [2.75, 3.05) is 13.2 Å². The van der Waals surface area contributed by atoms with E-state index in [1.807, 2.05) is 0 Å². The number of carbonyl (C=O) groups is 1. The zero-order chi connectivity index (χ0) is 13.0. The van der Waals surface area contributed by atoms with Crippen molar-refractivity contribution in [2.24, 2.45) is 0 Å². The molecular formula is C14H25NO3. The molecule has 2 saturated heterocycles. The van der Waals surface area contributed by atoms with Crippen molar-refractivity contribution in [1.29, 1.82) is 0 Å². The minimum atomic E-state index is -0.666. The van der Waals surface area contributed by atoms with Gasteiger partial charge in [0.15, 0.2) is 0 Å². The van der Waals surface area contributed by atoms with E-state index in [1.54, 1.807) is 0 Å². The quantitative estimate of drug-likeness (QED) is 0.837. The van der Waals surface area contributed by atoms with Crippen LogP contribution in [0.15, 0.2) is 0 Å². The number of likely N-dealkylation sites (tertiary alicyclic amines) is 1. The zero-order valence-corrected chi connectivity index (χ0v) is 11.3. The summed E-state index contributed by atoms with van der Waals surface area (Å²) in [5.74, 6) is -0.666. The minimum Gasteiger partial charge on any atom is -0.481 e.